The van der Waals surface area contributed by atoms with Gasteiger partial charge in [0.15, 0.2) is 0 Å². The summed E-state index contributed by atoms with van der Waals surface area (Å²) in [5, 5.41) is 17.3. The lowest BCUT2D eigenvalue weighted by molar-refractivity contribution is -0.138. The first-order valence-corrected chi connectivity index (χ1v) is 16.5. The molecule has 0 bridgehead atoms. The molecular formula is C34H56N4O6. The Morgan fingerprint density at radius 1 is 0.705 bits per heavy atom. The van der Waals surface area contributed by atoms with E-state index in [1.807, 2.05) is 44.2 Å². The molecule has 248 valence electrons. The van der Waals surface area contributed by atoms with Crippen LogP contribution < -0.4 is 21.7 Å². The van der Waals surface area contributed by atoms with Gasteiger partial charge in [-0.15, -0.1) is 0 Å². The van der Waals surface area contributed by atoms with Gasteiger partial charge < -0.3 is 26.8 Å². The number of carboxylic acids is 1. The number of amides is 4. The van der Waals surface area contributed by atoms with Crippen LogP contribution in [0.15, 0.2) is 30.3 Å². The first kappa shape index (κ1) is 38.6. The molecule has 0 saturated heterocycles. The number of aliphatic carboxylic acids is 1. The summed E-state index contributed by atoms with van der Waals surface area (Å²) < 4.78 is 0. The second-order valence-corrected chi connectivity index (χ2v) is 12.2. The fraction of sp³-hybridized carbons (Fsp3) is 0.676. The highest BCUT2D eigenvalue weighted by Crippen LogP contribution is 2.13. The molecule has 0 aliphatic heterocycles. The summed E-state index contributed by atoms with van der Waals surface area (Å²) in [5.41, 5.74) is 6.29. The van der Waals surface area contributed by atoms with Crippen LogP contribution in [0.25, 0.3) is 0 Å². The molecule has 6 N–H and O–H groups in total. The number of carbonyl (C=O) groups excluding carboxylic acids is 4. The highest BCUT2D eigenvalue weighted by molar-refractivity contribution is 5.94. The lowest BCUT2D eigenvalue weighted by Gasteiger charge is -2.25. The summed E-state index contributed by atoms with van der Waals surface area (Å²) >= 11 is 0. The van der Waals surface area contributed by atoms with Crippen molar-refractivity contribution in [1.29, 1.82) is 0 Å². The maximum atomic E-state index is 13.4. The molecule has 0 spiro atoms. The van der Waals surface area contributed by atoms with Crippen molar-refractivity contribution in [3.05, 3.63) is 35.9 Å². The lowest BCUT2D eigenvalue weighted by atomic mass is 10.0. The van der Waals surface area contributed by atoms with E-state index in [-0.39, 0.29) is 37.5 Å². The average molecular weight is 617 g/mol. The van der Waals surface area contributed by atoms with Gasteiger partial charge in [0.05, 0.1) is 0 Å². The minimum atomic E-state index is -1.13. The van der Waals surface area contributed by atoms with Crippen molar-refractivity contribution in [1.82, 2.24) is 16.0 Å². The van der Waals surface area contributed by atoms with Crippen molar-refractivity contribution >= 4 is 29.6 Å². The molecule has 0 heterocycles. The first-order chi connectivity index (χ1) is 21.0. The standard InChI is InChI=1S/C34H56N4O6/c1-4-5-6-7-8-9-10-11-12-13-17-20-30(39)36-27(21-22-31(40)41)33(43)38-29(24-26-18-15-14-16-19-26)34(44)37-28(32(35)42)23-25(2)3/h14-16,18-19,25,27-29H,4-13,17,20-24H2,1-3H3,(H2,35,42)(H,36,39)(H,37,44)(H,38,43)(H,40,41)/t27-,28+,29+/m1/s1. The Bertz CT molecular complexity index is 1000. The number of benzene rings is 1. The van der Waals surface area contributed by atoms with Crippen LogP contribution in [0.4, 0.5) is 0 Å². The Kier molecular flexibility index (Phi) is 20.2. The van der Waals surface area contributed by atoms with Crippen molar-refractivity contribution in [2.45, 2.75) is 142 Å². The summed E-state index contributed by atoms with van der Waals surface area (Å²) in [4.78, 5) is 62.7. The lowest BCUT2D eigenvalue weighted by Crippen LogP contribution is -2.57. The number of primary amides is 1. The Morgan fingerprint density at radius 3 is 1.75 bits per heavy atom. The van der Waals surface area contributed by atoms with Crippen LogP contribution in [0.5, 0.6) is 0 Å². The zero-order valence-electron chi connectivity index (χ0n) is 27.1. The van der Waals surface area contributed by atoms with Gasteiger partial charge in [-0.2, -0.15) is 0 Å². The molecule has 4 amide bonds. The van der Waals surface area contributed by atoms with Crippen LogP contribution in [0, 0.1) is 5.92 Å². The molecule has 1 rings (SSSR count). The smallest absolute Gasteiger partial charge is 0.303 e. The molecule has 3 atom stereocenters. The average Bonchev–Trinajstić information content (AvgIpc) is 2.97. The van der Waals surface area contributed by atoms with E-state index in [4.69, 9.17) is 5.73 Å². The maximum Gasteiger partial charge on any atom is 0.303 e. The molecule has 0 aliphatic rings. The van der Waals surface area contributed by atoms with Crippen molar-refractivity contribution in [3.63, 3.8) is 0 Å². The van der Waals surface area contributed by atoms with Crippen molar-refractivity contribution in [2.24, 2.45) is 11.7 Å². The molecule has 0 aliphatic carbocycles. The fourth-order valence-corrected chi connectivity index (χ4v) is 5.07. The molecule has 0 saturated carbocycles. The minimum absolute atomic E-state index is 0.0888. The van der Waals surface area contributed by atoms with Gasteiger partial charge in [-0.3, -0.25) is 24.0 Å². The minimum Gasteiger partial charge on any atom is -0.481 e. The third-order valence-corrected chi connectivity index (χ3v) is 7.59. The molecular weight excluding hydrogens is 560 g/mol. The number of nitrogens with two attached hydrogens (primary N) is 1. The molecule has 0 radical (unpaired) electrons. The number of carbonyl (C=O) groups is 5. The third kappa shape index (κ3) is 18.3. The largest absolute Gasteiger partial charge is 0.481 e. The van der Waals surface area contributed by atoms with Gasteiger partial charge >= 0.3 is 5.97 Å². The van der Waals surface area contributed by atoms with Crippen LogP contribution in [-0.4, -0.2) is 52.8 Å². The third-order valence-electron chi connectivity index (χ3n) is 7.59. The molecule has 10 heteroatoms. The Balaban J connectivity index is 2.76. The van der Waals surface area contributed by atoms with Crippen LogP contribution in [0.2, 0.25) is 0 Å². The van der Waals surface area contributed by atoms with Gasteiger partial charge in [-0.05, 0) is 30.7 Å². The molecule has 44 heavy (non-hydrogen) atoms. The molecule has 0 unspecified atom stereocenters. The second-order valence-electron chi connectivity index (χ2n) is 12.2. The van der Waals surface area contributed by atoms with E-state index < -0.39 is 41.8 Å². The van der Waals surface area contributed by atoms with Crippen LogP contribution in [-0.2, 0) is 30.4 Å². The van der Waals surface area contributed by atoms with Crippen molar-refractivity contribution < 1.29 is 29.1 Å². The number of rotatable bonds is 25. The van der Waals surface area contributed by atoms with Crippen molar-refractivity contribution in [2.75, 3.05) is 0 Å². The number of hydrogen-bond donors (Lipinski definition) is 5. The summed E-state index contributed by atoms with van der Waals surface area (Å²) in [6.45, 7) is 6.02. The van der Waals surface area contributed by atoms with E-state index in [0.29, 0.717) is 12.8 Å². The first-order valence-electron chi connectivity index (χ1n) is 16.5. The summed E-state index contributed by atoms with van der Waals surface area (Å²) in [6, 6.07) is 5.95. The Hall–Kier alpha value is -3.43. The van der Waals surface area contributed by atoms with Gasteiger partial charge in [0.1, 0.15) is 18.1 Å². The SMILES string of the molecule is CCCCCCCCCCCCCC(=O)N[C@H](CCC(=O)O)C(=O)N[C@@H](Cc1ccccc1)C(=O)N[C@@H](CC(C)C)C(N)=O. The molecule has 10 nitrogen and oxygen atoms in total. The zero-order chi connectivity index (χ0) is 32.7. The monoisotopic (exact) mass is 616 g/mol. The maximum absolute atomic E-state index is 13.4. The van der Waals surface area contributed by atoms with E-state index in [1.165, 1.54) is 44.9 Å². The van der Waals surface area contributed by atoms with Gasteiger partial charge in [0.2, 0.25) is 23.6 Å². The molecule has 0 fully saturated rings. The van der Waals surface area contributed by atoms with Crippen LogP contribution >= 0.6 is 0 Å². The number of hydrogen-bond acceptors (Lipinski definition) is 5. The number of unbranched alkanes of at least 4 members (excludes halogenated alkanes) is 10. The van der Waals surface area contributed by atoms with Gasteiger partial charge in [0, 0.05) is 19.3 Å². The van der Waals surface area contributed by atoms with E-state index >= 15 is 0 Å². The van der Waals surface area contributed by atoms with E-state index in [2.05, 4.69) is 22.9 Å². The van der Waals surface area contributed by atoms with Gasteiger partial charge in [0.25, 0.3) is 0 Å². The normalized spacial score (nSPS) is 13.1. The molecule has 0 aromatic heterocycles. The number of carboxylic acid groups (broad SMARTS) is 1. The van der Waals surface area contributed by atoms with E-state index in [1.54, 1.807) is 0 Å². The van der Waals surface area contributed by atoms with E-state index in [0.717, 1.165) is 24.8 Å². The van der Waals surface area contributed by atoms with Crippen molar-refractivity contribution in [3.8, 4) is 0 Å². The summed E-state index contributed by atoms with van der Waals surface area (Å²) in [7, 11) is 0. The quantitative estimate of drug-likeness (QED) is 0.0991. The Morgan fingerprint density at radius 2 is 1.23 bits per heavy atom. The van der Waals surface area contributed by atoms with Gasteiger partial charge in [-0.25, -0.2) is 0 Å². The van der Waals surface area contributed by atoms with Crippen LogP contribution in [0.3, 0.4) is 0 Å². The predicted octanol–water partition coefficient (Wildman–Crippen LogP) is 4.78. The fourth-order valence-electron chi connectivity index (χ4n) is 5.07. The topological polar surface area (TPSA) is 168 Å². The predicted molar refractivity (Wildman–Crippen MR) is 173 cm³/mol. The Labute approximate surface area is 263 Å². The molecule has 1 aromatic carbocycles. The summed E-state index contributed by atoms with van der Waals surface area (Å²) in [5.74, 6) is -3.26. The highest BCUT2D eigenvalue weighted by Gasteiger charge is 2.30. The van der Waals surface area contributed by atoms with Crippen LogP contribution in [0.1, 0.15) is 123 Å². The van der Waals surface area contributed by atoms with Gasteiger partial charge in [-0.1, -0.05) is 115 Å². The highest BCUT2D eigenvalue weighted by atomic mass is 16.4. The number of nitrogens with one attached hydrogen (secondary N) is 3. The zero-order valence-corrected chi connectivity index (χ0v) is 27.1. The second kappa shape index (κ2) is 23.0. The summed E-state index contributed by atoms with van der Waals surface area (Å²) in [6.07, 6.45) is 12.9. The van der Waals surface area contributed by atoms with E-state index in [9.17, 15) is 29.1 Å². The molecule has 1 aromatic rings.